The number of hydrogen-bond acceptors (Lipinski definition) is 5. The van der Waals surface area contributed by atoms with E-state index in [2.05, 4.69) is 4.99 Å². The monoisotopic (exact) mass is 266 g/mol. The Morgan fingerprint density at radius 1 is 1.21 bits per heavy atom. The van der Waals surface area contributed by atoms with Crippen molar-refractivity contribution in [3.05, 3.63) is 27.8 Å². The van der Waals surface area contributed by atoms with Crippen molar-refractivity contribution in [1.29, 1.82) is 0 Å². The third-order valence-electron chi connectivity index (χ3n) is 2.32. The third kappa shape index (κ3) is 3.94. The highest BCUT2D eigenvalue weighted by Gasteiger charge is 2.18. The zero-order chi connectivity index (χ0) is 14.6. The van der Waals surface area contributed by atoms with Crippen LogP contribution in [0.5, 0.6) is 11.5 Å². The molecular formula is C13H18N2O4. The Morgan fingerprint density at radius 3 is 2.16 bits per heavy atom. The molecule has 6 nitrogen and oxygen atoms in total. The fourth-order valence-electron chi connectivity index (χ4n) is 1.41. The maximum atomic E-state index is 11.1. The van der Waals surface area contributed by atoms with Crippen LogP contribution in [-0.4, -0.2) is 30.9 Å². The molecule has 0 amide bonds. The van der Waals surface area contributed by atoms with Gasteiger partial charge in [-0.3, -0.25) is 15.1 Å². The molecule has 0 unspecified atom stereocenters. The molecule has 0 radical (unpaired) electrons. The molecule has 0 heterocycles. The van der Waals surface area contributed by atoms with Gasteiger partial charge in [0.15, 0.2) is 11.5 Å². The van der Waals surface area contributed by atoms with Gasteiger partial charge in [0.2, 0.25) is 0 Å². The molecule has 0 atom stereocenters. The average molecular weight is 266 g/mol. The van der Waals surface area contributed by atoms with Crippen LogP contribution in [0.25, 0.3) is 0 Å². The number of nitro benzene ring substituents is 1. The molecule has 0 aliphatic carbocycles. The molecule has 104 valence electrons. The first-order chi connectivity index (χ1) is 8.78. The summed E-state index contributed by atoms with van der Waals surface area (Å²) < 4.78 is 10.2. The Morgan fingerprint density at radius 2 is 1.74 bits per heavy atom. The van der Waals surface area contributed by atoms with Crippen LogP contribution in [0.15, 0.2) is 17.1 Å². The number of rotatable bonds is 4. The summed E-state index contributed by atoms with van der Waals surface area (Å²) in [5.74, 6) is 0.755. The summed E-state index contributed by atoms with van der Waals surface area (Å²) in [6.07, 6.45) is 1.49. The van der Waals surface area contributed by atoms with E-state index in [-0.39, 0.29) is 11.2 Å². The minimum Gasteiger partial charge on any atom is -0.493 e. The van der Waals surface area contributed by atoms with Crippen LogP contribution in [0.2, 0.25) is 0 Å². The number of nitrogens with zero attached hydrogens (tertiary/aromatic N) is 2. The van der Waals surface area contributed by atoms with Crippen molar-refractivity contribution in [3.63, 3.8) is 0 Å². The minimum absolute atomic E-state index is 0.0642. The summed E-state index contributed by atoms with van der Waals surface area (Å²) in [7, 11) is 2.92. The first-order valence-corrected chi connectivity index (χ1v) is 5.74. The second-order valence-electron chi connectivity index (χ2n) is 4.95. The van der Waals surface area contributed by atoms with Crippen molar-refractivity contribution < 1.29 is 14.4 Å². The topological polar surface area (TPSA) is 74.0 Å². The number of hydrogen-bond donors (Lipinski definition) is 0. The molecule has 0 spiro atoms. The van der Waals surface area contributed by atoms with E-state index in [9.17, 15) is 10.1 Å². The Balaban J connectivity index is 3.36. The van der Waals surface area contributed by atoms with E-state index in [0.717, 1.165) is 0 Å². The second kappa shape index (κ2) is 5.69. The Kier molecular flexibility index (Phi) is 4.47. The van der Waals surface area contributed by atoms with E-state index in [1.807, 2.05) is 20.8 Å². The molecule has 0 aliphatic rings. The number of nitro groups is 1. The molecule has 0 fully saturated rings. The normalized spacial score (nSPS) is 11.6. The first kappa shape index (κ1) is 14.9. The largest absolute Gasteiger partial charge is 0.493 e. The molecule has 0 saturated carbocycles. The maximum Gasteiger partial charge on any atom is 0.282 e. The van der Waals surface area contributed by atoms with E-state index in [1.165, 1.54) is 26.5 Å². The van der Waals surface area contributed by atoms with E-state index < -0.39 is 4.92 Å². The smallest absolute Gasteiger partial charge is 0.282 e. The van der Waals surface area contributed by atoms with Gasteiger partial charge in [0.05, 0.1) is 36.3 Å². The van der Waals surface area contributed by atoms with E-state index in [0.29, 0.717) is 17.1 Å². The van der Waals surface area contributed by atoms with Gasteiger partial charge in [0.1, 0.15) is 0 Å². The molecule has 1 aromatic carbocycles. The third-order valence-corrected chi connectivity index (χ3v) is 2.32. The van der Waals surface area contributed by atoms with Crippen LogP contribution in [0.3, 0.4) is 0 Å². The maximum absolute atomic E-state index is 11.1. The molecule has 0 aliphatic heterocycles. The van der Waals surface area contributed by atoms with Crippen LogP contribution in [0, 0.1) is 10.1 Å². The van der Waals surface area contributed by atoms with Crippen molar-refractivity contribution in [2.45, 2.75) is 26.3 Å². The van der Waals surface area contributed by atoms with E-state index in [1.54, 1.807) is 6.07 Å². The average Bonchev–Trinajstić information content (AvgIpc) is 2.33. The molecule has 6 heteroatoms. The van der Waals surface area contributed by atoms with Gasteiger partial charge in [-0.2, -0.15) is 0 Å². The molecule has 0 bridgehead atoms. The predicted octanol–water partition coefficient (Wildman–Crippen LogP) is 2.83. The summed E-state index contributed by atoms with van der Waals surface area (Å²) in [5, 5.41) is 11.1. The number of benzene rings is 1. The molecule has 0 N–H and O–H groups in total. The highest BCUT2D eigenvalue weighted by Crippen LogP contribution is 2.33. The zero-order valence-corrected chi connectivity index (χ0v) is 11.8. The lowest BCUT2D eigenvalue weighted by molar-refractivity contribution is -0.385. The highest BCUT2D eigenvalue weighted by atomic mass is 16.6. The van der Waals surface area contributed by atoms with Gasteiger partial charge in [-0.15, -0.1) is 0 Å². The van der Waals surface area contributed by atoms with Crippen molar-refractivity contribution in [1.82, 2.24) is 0 Å². The van der Waals surface area contributed by atoms with Crippen LogP contribution >= 0.6 is 0 Å². The van der Waals surface area contributed by atoms with Gasteiger partial charge in [-0.25, -0.2) is 0 Å². The summed E-state index contributed by atoms with van der Waals surface area (Å²) in [4.78, 5) is 14.9. The molecule has 0 saturated heterocycles. The van der Waals surface area contributed by atoms with Crippen molar-refractivity contribution in [2.24, 2.45) is 4.99 Å². The first-order valence-electron chi connectivity index (χ1n) is 5.74. The van der Waals surface area contributed by atoms with Crippen LogP contribution in [-0.2, 0) is 0 Å². The van der Waals surface area contributed by atoms with Crippen molar-refractivity contribution in [3.8, 4) is 11.5 Å². The quantitative estimate of drug-likeness (QED) is 0.477. The Bertz CT molecular complexity index is 504. The van der Waals surface area contributed by atoms with Gasteiger partial charge >= 0.3 is 0 Å². The number of aliphatic imine (C=N–C) groups is 1. The molecule has 1 rings (SSSR count). The molecular weight excluding hydrogens is 248 g/mol. The summed E-state index contributed by atoms with van der Waals surface area (Å²) in [6.45, 7) is 5.74. The summed E-state index contributed by atoms with van der Waals surface area (Å²) in [5.41, 5.74) is 0.0179. The van der Waals surface area contributed by atoms with Crippen LogP contribution in [0.1, 0.15) is 26.3 Å². The zero-order valence-electron chi connectivity index (χ0n) is 11.8. The van der Waals surface area contributed by atoms with E-state index in [4.69, 9.17) is 9.47 Å². The lowest BCUT2D eigenvalue weighted by Gasteiger charge is -2.12. The van der Waals surface area contributed by atoms with Gasteiger partial charge in [0.25, 0.3) is 5.69 Å². The predicted molar refractivity (Wildman–Crippen MR) is 73.5 cm³/mol. The summed E-state index contributed by atoms with van der Waals surface area (Å²) in [6, 6.07) is 2.88. The Labute approximate surface area is 112 Å². The van der Waals surface area contributed by atoms with Crippen molar-refractivity contribution >= 4 is 11.9 Å². The standard InChI is InChI=1S/C13H18N2O4/c1-13(2,3)14-8-9-6-11(18-4)12(19-5)7-10(9)15(16)17/h6-8H,1-5H3/b14-8+. The van der Waals surface area contributed by atoms with E-state index >= 15 is 0 Å². The fraction of sp³-hybridized carbons (Fsp3) is 0.462. The van der Waals surface area contributed by atoms with Gasteiger partial charge in [0, 0.05) is 6.21 Å². The minimum atomic E-state index is -0.466. The highest BCUT2D eigenvalue weighted by molar-refractivity contribution is 5.87. The molecule has 19 heavy (non-hydrogen) atoms. The second-order valence-corrected chi connectivity index (χ2v) is 4.95. The lowest BCUT2D eigenvalue weighted by Crippen LogP contribution is -2.10. The van der Waals surface area contributed by atoms with Gasteiger partial charge in [-0.05, 0) is 26.8 Å². The van der Waals surface area contributed by atoms with Crippen LogP contribution < -0.4 is 9.47 Å². The SMILES string of the molecule is COc1cc(/C=N/C(C)(C)C)c([N+](=O)[O-])cc1OC. The fourth-order valence-corrected chi connectivity index (χ4v) is 1.41. The van der Waals surface area contributed by atoms with Gasteiger partial charge < -0.3 is 9.47 Å². The molecule has 0 aromatic heterocycles. The lowest BCUT2D eigenvalue weighted by atomic mass is 10.1. The number of methoxy groups -OCH3 is 2. The van der Waals surface area contributed by atoms with Crippen molar-refractivity contribution in [2.75, 3.05) is 14.2 Å². The summed E-state index contributed by atoms with van der Waals surface area (Å²) >= 11 is 0. The van der Waals surface area contributed by atoms with Crippen LogP contribution in [0.4, 0.5) is 5.69 Å². The Hall–Kier alpha value is -2.11. The molecule has 1 aromatic rings. The van der Waals surface area contributed by atoms with Gasteiger partial charge in [-0.1, -0.05) is 0 Å². The number of ether oxygens (including phenoxy) is 2.